The fraction of sp³-hybridized carbons (Fsp3) is 0.500. The molecule has 1 aromatic rings. The zero-order valence-electron chi connectivity index (χ0n) is 11.7. The molecule has 8 heteroatoms. The van der Waals surface area contributed by atoms with Crippen LogP contribution >= 0.6 is 0 Å². The molecular formula is C12H19N3O4S. The van der Waals surface area contributed by atoms with E-state index in [2.05, 4.69) is 10.0 Å². The van der Waals surface area contributed by atoms with Crippen molar-refractivity contribution in [1.29, 1.82) is 0 Å². The zero-order valence-corrected chi connectivity index (χ0v) is 12.5. The lowest BCUT2D eigenvalue weighted by Gasteiger charge is -2.13. The normalized spacial score (nSPS) is 13.2. The molecular weight excluding hydrogens is 282 g/mol. The van der Waals surface area contributed by atoms with Crippen molar-refractivity contribution in [3.05, 3.63) is 33.9 Å². The first-order chi connectivity index (χ1) is 9.29. The van der Waals surface area contributed by atoms with Crippen LogP contribution in [-0.2, 0) is 10.0 Å². The van der Waals surface area contributed by atoms with Crippen LogP contribution in [0, 0.1) is 23.0 Å². The van der Waals surface area contributed by atoms with Gasteiger partial charge in [-0.3, -0.25) is 10.1 Å². The number of sulfonamides is 1. The highest BCUT2D eigenvalue weighted by molar-refractivity contribution is 7.89. The van der Waals surface area contributed by atoms with Crippen LogP contribution in [0.4, 0.5) is 5.69 Å². The van der Waals surface area contributed by atoms with Gasteiger partial charge in [0.05, 0.1) is 4.92 Å². The number of nitrogens with zero attached hydrogens (tertiary/aromatic N) is 1. The molecule has 0 amide bonds. The van der Waals surface area contributed by atoms with Crippen LogP contribution in [0.1, 0.15) is 12.5 Å². The maximum atomic E-state index is 12.3. The SMILES string of the molecule is CNCC(C)CNS(=O)(=O)c1c(C)cccc1[N+](=O)[O-]. The van der Waals surface area contributed by atoms with E-state index >= 15 is 0 Å². The van der Waals surface area contributed by atoms with Crippen LogP contribution in [0.3, 0.4) is 0 Å². The predicted octanol–water partition coefficient (Wildman–Crippen LogP) is 1.04. The van der Waals surface area contributed by atoms with Gasteiger partial charge in [0.2, 0.25) is 10.0 Å². The van der Waals surface area contributed by atoms with Crippen molar-refractivity contribution >= 4 is 15.7 Å². The smallest absolute Gasteiger partial charge is 0.289 e. The van der Waals surface area contributed by atoms with Gasteiger partial charge in [-0.2, -0.15) is 0 Å². The van der Waals surface area contributed by atoms with E-state index in [0.717, 1.165) is 0 Å². The molecule has 0 saturated heterocycles. The summed E-state index contributed by atoms with van der Waals surface area (Å²) in [6.07, 6.45) is 0. The van der Waals surface area contributed by atoms with Gasteiger partial charge in [-0.1, -0.05) is 19.1 Å². The van der Waals surface area contributed by atoms with Crippen LogP contribution in [-0.4, -0.2) is 33.5 Å². The van der Waals surface area contributed by atoms with Crippen LogP contribution < -0.4 is 10.0 Å². The first-order valence-electron chi connectivity index (χ1n) is 6.18. The first kappa shape index (κ1) is 16.5. The number of nitrogens with one attached hydrogen (secondary N) is 2. The number of nitro benzene ring substituents is 1. The summed E-state index contributed by atoms with van der Waals surface area (Å²) in [5.41, 5.74) is -0.0493. The maximum absolute atomic E-state index is 12.3. The van der Waals surface area contributed by atoms with Crippen LogP contribution in [0.25, 0.3) is 0 Å². The number of nitro groups is 1. The van der Waals surface area contributed by atoms with Crippen molar-refractivity contribution in [2.24, 2.45) is 5.92 Å². The first-order valence-corrected chi connectivity index (χ1v) is 7.66. The summed E-state index contributed by atoms with van der Waals surface area (Å²) in [6, 6.07) is 4.20. The van der Waals surface area contributed by atoms with Gasteiger partial charge in [-0.05, 0) is 32.0 Å². The topological polar surface area (TPSA) is 101 Å². The molecule has 0 aliphatic heterocycles. The Kier molecular flexibility index (Phi) is 5.61. The second-order valence-corrected chi connectivity index (χ2v) is 6.40. The van der Waals surface area contributed by atoms with Gasteiger partial charge >= 0.3 is 0 Å². The van der Waals surface area contributed by atoms with Crippen LogP contribution in [0.2, 0.25) is 0 Å². The lowest BCUT2D eigenvalue weighted by molar-refractivity contribution is -0.387. The fourth-order valence-electron chi connectivity index (χ4n) is 1.88. The predicted molar refractivity (Wildman–Crippen MR) is 76.1 cm³/mol. The Morgan fingerprint density at radius 1 is 1.35 bits per heavy atom. The highest BCUT2D eigenvalue weighted by atomic mass is 32.2. The molecule has 0 aromatic heterocycles. The van der Waals surface area contributed by atoms with E-state index in [9.17, 15) is 18.5 Å². The highest BCUT2D eigenvalue weighted by Crippen LogP contribution is 2.26. The molecule has 0 fully saturated rings. The molecule has 2 N–H and O–H groups in total. The lowest BCUT2D eigenvalue weighted by atomic mass is 10.2. The quantitative estimate of drug-likeness (QED) is 0.579. The van der Waals surface area contributed by atoms with Crippen LogP contribution in [0.5, 0.6) is 0 Å². The van der Waals surface area contributed by atoms with Gasteiger partial charge < -0.3 is 5.32 Å². The number of hydrogen-bond donors (Lipinski definition) is 2. The summed E-state index contributed by atoms with van der Waals surface area (Å²) >= 11 is 0. The minimum Gasteiger partial charge on any atom is -0.319 e. The number of hydrogen-bond acceptors (Lipinski definition) is 5. The van der Waals surface area contributed by atoms with Crippen molar-refractivity contribution < 1.29 is 13.3 Å². The summed E-state index contributed by atoms with van der Waals surface area (Å²) in [4.78, 5) is 10.0. The standard InChI is InChI=1S/C12H19N3O4S/c1-9(7-13-3)8-14-20(18,19)12-10(2)5-4-6-11(12)15(16)17/h4-6,9,13-14H,7-8H2,1-3H3. The lowest BCUT2D eigenvalue weighted by Crippen LogP contribution is -2.32. The minimum absolute atomic E-state index is 0.0813. The van der Waals surface area contributed by atoms with Crippen molar-refractivity contribution in [3.63, 3.8) is 0 Å². The third-order valence-electron chi connectivity index (χ3n) is 2.83. The van der Waals surface area contributed by atoms with Crippen molar-refractivity contribution in [3.8, 4) is 0 Å². The Bertz CT molecular complexity index is 586. The van der Waals surface area contributed by atoms with Gasteiger partial charge in [0.1, 0.15) is 0 Å². The molecule has 0 radical (unpaired) electrons. The molecule has 0 bridgehead atoms. The van der Waals surface area contributed by atoms with E-state index < -0.39 is 20.6 Å². The largest absolute Gasteiger partial charge is 0.319 e. The Balaban J connectivity index is 3.07. The number of benzene rings is 1. The Hall–Kier alpha value is -1.51. The summed E-state index contributed by atoms with van der Waals surface area (Å²) in [5, 5.41) is 13.9. The monoisotopic (exact) mass is 301 g/mol. The molecule has 0 saturated carbocycles. The van der Waals surface area contributed by atoms with E-state index in [1.165, 1.54) is 12.1 Å². The average Bonchev–Trinajstić information content (AvgIpc) is 2.36. The molecule has 20 heavy (non-hydrogen) atoms. The maximum Gasteiger partial charge on any atom is 0.289 e. The number of aryl methyl sites for hydroxylation is 1. The zero-order chi connectivity index (χ0) is 15.3. The van der Waals surface area contributed by atoms with Crippen LogP contribution in [0.15, 0.2) is 23.1 Å². The molecule has 1 atom stereocenters. The van der Waals surface area contributed by atoms with Gasteiger partial charge in [0, 0.05) is 12.6 Å². The highest BCUT2D eigenvalue weighted by Gasteiger charge is 2.27. The third kappa shape index (κ3) is 3.99. The molecule has 0 heterocycles. The summed E-state index contributed by atoms with van der Waals surface area (Å²) in [5.74, 6) is 0.0813. The van der Waals surface area contributed by atoms with Crippen molar-refractivity contribution in [1.82, 2.24) is 10.0 Å². The molecule has 1 unspecified atom stereocenters. The second kappa shape index (κ2) is 6.78. The van der Waals surface area contributed by atoms with E-state index in [-0.39, 0.29) is 17.4 Å². The molecule has 7 nitrogen and oxygen atoms in total. The Morgan fingerprint density at radius 3 is 2.55 bits per heavy atom. The van der Waals surface area contributed by atoms with E-state index in [1.54, 1.807) is 20.0 Å². The summed E-state index contributed by atoms with van der Waals surface area (Å²) in [7, 11) is -2.12. The van der Waals surface area contributed by atoms with E-state index in [0.29, 0.717) is 12.1 Å². The van der Waals surface area contributed by atoms with E-state index in [4.69, 9.17) is 0 Å². The van der Waals surface area contributed by atoms with Gasteiger partial charge in [-0.25, -0.2) is 13.1 Å². The fourth-order valence-corrected chi connectivity index (χ4v) is 3.43. The van der Waals surface area contributed by atoms with Gasteiger partial charge in [-0.15, -0.1) is 0 Å². The van der Waals surface area contributed by atoms with Crippen molar-refractivity contribution in [2.75, 3.05) is 20.1 Å². The van der Waals surface area contributed by atoms with Gasteiger partial charge in [0.15, 0.2) is 4.90 Å². The van der Waals surface area contributed by atoms with E-state index in [1.807, 2.05) is 6.92 Å². The second-order valence-electron chi connectivity index (χ2n) is 4.70. The minimum atomic E-state index is -3.90. The van der Waals surface area contributed by atoms with Crippen molar-refractivity contribution in [2.45, 2.75) is 18.7 Å². The molecule has 112 valence electrons. The molecule has 0 spiro atoms. The molecule has 1 rings (SSSR count). The molecule has 1 aromatic carbocycles. The summed E-state index contributed by atoms with van der Waals surface area (Å²) < 4.78 is 26.9. The average molecular weight is 301 g/mol. The Morgan fingerprint density at radius 2 is 2.00 bits per heavy atom. The Labute approximate surface area is 118 Å². The molecule has 0 aliphatic carbocycles. The summed E-state index contributed by atoms with van der Waals surface area (Å²) in [6.45, 7) is 4.29. The third-order valence-corrected chi connectivity index (χ3v) is 4.45. The molecule has 0 aliphatic rings. The number of rotatable bonds is 7. The van der Waals surface area contributed by atoms with Gasteiger partial charge in [0.25, 0.3) is 5.69 Å².